The molecule has 0 fully saturated rings. The molecule has 0 saturated carbocycles. The number of hydrogen-bond acceptors (Lipinski definition) is 2. The topological polar surface area (TPSA) is 26.3 Å². The maximum absolute atomic E-state index is 12.4. The Morgan fingerprint density at radius 2 is 2.28 bits per heavy atom. The number of ether oxygens (including phenoxy) is 1. The fourth-order valence-electron chi connectivity index (χ4n) is 2.10. The summed E-state index contributed by atoms with van der Waals surface area (Å²) in [6.45, 7) is 2.15. The second-order valence-corrected chi connectivity index (χ2v) is 4.51. The number of rotatable bonds is 4. The number of carbonyl (C=O) groups excluding carboxylic acids is 1. The third kappa shape index (κ3) is 2.78. The second kappa shape index (κ2) is 5.80. The summed E-state index contributed by atoms with van der Waals surface area (Å²) < 4.78 is 17.9. The molecule has 3 heteroatoms. The zero-order valence-electron chi connectivity index (χ0n) is 10.5. The van der Waals surface area contributed by atoms with Gasteiger partial charge in [-0.15, -0.1) is 0 Å². The van der Waals surface area contributed by atoms with Gasteiger partial charge in [-0.3, -0.25) is 4.79 Å². The van der Waals surface area contributed by atoms with Crippen molar-refractivity contribution in [2.24, 2.45) is 0 Å². The monoisotopic (exact) mass is 248 g/mol. The molecule has 0 saturated heterocycles. The number of carbonyl (C=O) groups is 1. The highest BCUT2D eigenvalue weighted by Crippen LogP contribution is 2.25. The Morgan fingerprint density at radius 3 is 3.00 bits per heavy atom. The molecule has 0 aromatic heterocycles. The van der Waals surface area contributed by atoms with Crippen LogP contribution in [0, 0.1) is 0 Å². The zero-order valence-corrected chi connectivity index (χ0v) is 10.5. The lowest BCUT2D eigenvalue weighted by molar-refractivity contribution is 0.0972. The molecule has 96 valence electrons. The average molecular weight is 248 g/mol. The van der Waals surface area contributed by atoms with Crippen LogP contribution in [0.2, 0.25) is 0 Å². The van der Waals surface area contributed by atoms with Gasteiger partial charge in [0.25, 0.3) is 0 Å². The zero-order chi connectivity index (χ0) is 13.0. The van der Waals surface area contributed by atoms with E-state index in [1.54, 1.807) is 6.07 Å². The molecule has 1 aliphatic carbocycles. The fraction of sp³-hybridized carbons (Fsp3) is 0.400. The molecule has 2 rings (SSSR count). The molecule has 0 atom stereocenters. The van der Waals surface area contributed by atoms with Crippen LogP contribution in [0.25, 0.3) is 0 Å². The van der Waals surface area contributed by atoms with Gasteiger partial charge in [0, 0.05) is 12.0 Å². The Hall–Kier alpha value is -1.64. The summed E-state index contributed by atoms with van der Waals surface area (Å²) in [6.07, 6.45) is 3.69. The van der Waals surface area contributed by atoms with Gasteiger partial charge in [0.2, 0.25) is 0 Å². The Balaban J connectivity index is 2.09. The molecule has 18 heavy (non-hydrogen) atoms. The van der Waals surface area contributed by atoms with Crippen LogP contribution in [0.5, 0.6) is 5.75 Å². The highest BCUT2D eigenvalue weighted by atomic mass is 19.1. The number of benzene rings is 1. The van der Waals surface area contributed by atoms with Crippen LogP contribution in [-0.4, -0.2) is 12.4 Å². The predicted octanol–water partition coefficient (Wildman–Crippen LogP) is 3.85. The summed E-state index contributed by atoms with van der Waals surface area (Å²) >= 11 is 0. The molecule has 0 unspecified atom stereocenters. The summed E-state index contributed by atoms with van der Waals surface area (Å²) in [5.74, 6) is 0.914. The standard InChI is InChI=1S/C15H17FO2/c1-2-11(9-16)10-18-13-6-7-14-12(8-13)4-3-5-15(14)17/h6-9H,2-5,10H2,1H3. The van der Waals surface area contributed by atoms with Crippen LogP contribution >= 0.6 is 0 Å². The smallest absolute Gasteiger partial charge is 0.163 e. The van der Waals surface area contributed by atoms with Crippen LogP contribution in [-0.2, 0) is 6.42 Å². The van der Waals surface area contributed by atoms with Gasteiger partial charge in [-0.05, 0) is 48.6 Å². The van der Waals surface area contributed by atoms with E-state index >= 15 is 0 Å². The van der Waals surface area contributed by atoms with Crippen molar-refractivity contribution in [1.82, 2.24) is 0 Å². The Bertz CT molecular complexity index is 477. The lowest BCUT2D eigenvalue weighted by atomic mass is 9.90. The molecule has 1 aliphatic rings. The summed E-state index contributed by atoms with van der Waals surface area (Å²) in [7, 11) is 0. The van der Waals surface area contributed by atoms with Crippen LogP contribution in [0.4, 0.5) is 4.39 Å². The van der Waals surface area contributed by atoms with Crippen molar-refractivity contribution >= 4 is 5.78 Å². The molecule has 0 amide bonds. The molecule has 0 bridgehead atoms. The van der Waals surface area contributed by atoms with Gasteiger partial charge < -0.3 is 4.74 Å². The van der Waals surface area contributed by atoms with Gasteiger partial charge in [0.05, 0.1) is 6.33 Å². The normalized spacial score (nSPS) is 15.4. The highest BCUT2D eigenvalue weighted by Gasteiger charge is 2.17. The fourth-order valence-corrected chi connectivity index (χ4v) is 2.10. The van der Waals surface area contributed by atoms with E-state index in [0.717, 1.165) is 24.0 Å². The Morgan fingerprint density at radius 1 is 1.44 bits per heavy atom. The SMILES string of the molecule is CCC(=CF)COc1ccc2c(c1)CCCC2=O. The molecular formula is C15H17FO2. The van der Waals surface area contributed by atoms with Gasteiger partial charge in [-0.1, -0.05) is 6.92 Å². The van der Waals surface area contributed by atoms with Gasteiger partial charge >= 0.3 is 0 Å². The summed E-state index contributed by atoms with van der Waals surface area (Å²) in [5, 5.41) is 0. The van der Waals surface area contributed by atoms with E-state index in [0.29, 0.717) is 30.5 Å². The van der Waals surface area contributed by atoms with Crippen molar-refractivity contribution < 1.29 is 13.9 Å². The first-order valence-electron chi connectivity index (χ1n) is 6.31. The van der Waals surface area contributed by atoms with Gasteiger partial charge in [0.1, 0.15) is 12.4 Å². The van der Waals surface area contributed by atoms with E-state index in [-0.39, 0.29) is 12.4 Å². The van der Waals surface area contributed by atoms with E-state index in [1.165, 1.54) is 0 Å². The van der Waals surface area contributed by atoms with Crippen molar-refractivity contribution in [3.8, 4) is 5.75 Å². The summed E-state index contributed by atoms with van der Waals surface area (Å²) in [4.78, 5) is 11.7. The van der Waals surface area contributed by atoms with Gasteiger partial charge in [-0.25, -0.2) is 4.39 Å². The third-order valence-electron chi connectivity index (χ3n) is 3.26. The summed E-state index contributed by atoms with van der Waals surface area (Å²) in [6, 6.07) is 5.50. The number of hydrogen-bond donors (Lipinski definition) is 0. The molecule has 0 heterocycles. The predicted molar refractivity (Wildman–Crippen MR) is 68.7 cm³/mol. The van der Waals surface area contributed by atoms with Crippen molar-refractivity contribution in [1.29, 1.82) is 0 Å². The molecule has 0 radical (unpaired) electrons. The Kier molecular flexibility index (Phi) is 4.13. The maximum Gasteiger partial charge on any atom is 0.163 e. The number of halogens is 1. The van der Waals surface area contributed by atoms with E-state index in [9.17, 15) is 9.18 Å². The number of fused-ring (bicyclic) bond motifs is 1. The largest absolute Gasteiger partial charge is 0.489 e. The van der Waals surface area contributed by atoms with Crippen LogP contribution in [0.1, 0.15) is 42.1 Å². The number of Topliss-reactive ketones (excluding diaryl/α,β-unsaturated/α-hetero) is 1. The average Bonchev–Trinajstić information content (AvgIpc) is 2.40. The molecule has 0 spiro atoms. The van der Waals surface area contributed by atoms with E-state index in [4.69, 9.17) is 4.74 Å². The first-order chi connectivity index (χ1) is 8.74. The Labute approximate surface area is 106 Å². The minimum absolute atomic E-state index is 0.209. The molecule has 1 aromatic rings. The van der Waals surface area contributed by atoms with E-state index in [2.05, 4.69) is 0 Å². The lowest BCUT2D eigenvalue weighted by Gasteiger charge is -2.16. The van der Waals surface area contributed by atoms with Crippen LogP contribution < -0.4 is 4.74 Å². The quantitative estimate of drug-likeness (QED) is 0.809. The number of ketones is 1. The van der Waals surface area contributed by atoms with E-state index in [1.807, 2.05) is 19.1 Å². The lowest BCUT2D eigenvalue weighted by Crippen LogP contribution is -2.11. The van der Waals surface area contributed by atoms with Gasteiger partial charge in [-0.2, -0.15) is 0 Å². The van der Waals surface area contributed by atoms with Crippen molar-refractivity contribution in [3.63, 3.8) is 0 Å². The molecule has 2 nitrogen and oxygen atoms in total. The summed E-state index contributed by atoms with van der Waals surface area (Å²) in [5.41, 5.74) is 2.49. The van der Waals surface area contributed by atoms with Crippen molar-refractivity contribution in [2.45, 2.75) is 32.6 Å². The van der Waals surface area contributed by atoms with Crippen LogP contribution in [0.3, 0.4) is 0 Å². The second-order valence-electron chi connectivity index (χ2n) is 4.51. The molecule has 0 aliphatic heterocycles. The maximum atomic E-state index is 12.4. The van der Waals surface area contributed by atoms with Crippen molar-refractivity contribution in [2.75, 3.05) is 6.61 Å². The van der Waals surface area contributed by atoms with E-state index < -0.39 is 0 Å². The first kappa shape index (κ1) is 12.8. The molecule has 1 aromatic carbocycles. The van der Waals surface area contributed by atoms with Crippen molar-refractivity contribution in [3.05, 3.63) is 41.2 Å². The third-order valence-corrected chi connectivity index (χ3v) is 3.26. The molecular weight excluding hydrogens is 231 g/mol. The molecule has 0 N–H and O–H groups in total. The minimum Gasteiger partial charge on any atom is -0.489 e. The van der Waals surface area contributed by atoms with Crippen LogP contribution in [0.15, 0.2) is 30.1 Å². The highest BCUT2D eigenvalue weighted by molar-refractivity contribution is 5.98. The number of aryl methyl sites for hydroxylation is 1. The minimum atomic E-state index is 0.209. The first-order valence-corrected chi connectivity index (χ1v) is 6.31. The van der Waals surface area contributed by atoms with Gasteiger partial charge in [0.15, 0.2) is 5.78 Å².